The van der Waals surface area contributed by atoms with Crippen LogP contribution in [0.15, 0.2) is 24.5 Å². The van der Waals surface area contributed by atoms with Crippen molar-refractivity contribution in [2.45, 2.75) is 26.9 Å². The number of nitrogens with one attached hydrogen (secondary N) is 1. The van der Waals surface area contributed by atoms with Crippen molar-refractivity contribution < 1.29 is 4.74 Å². The van der Waals surface area contributed by atoms with Gasteiger partial charge < -0.3 is 10.1 Å². The number of aryl methyl sites for hydroxylation is 1. The van der Waals surface area contributed by atoms with Crippen LogP contribution < -0.4 is 10.1 Å². The molecule has 0 radical (unpaired) electrons. The SMILES string of the molecule is COc1c(C)cnc(CNCc2cccnn2)c1C. The number of pyridine rings is 1. The Balaban J connectivity index is 2.00. The highest BCUT2D eigenvalue weighted by atomic mass is 16.5. The number of aromatic nitrogens is 3. The van der Waals surface area contributed by atoms with Crippen molar-refractivity contribution in [1.82, 2.24) is 20.5 Å². The molecule has 0 fully saturated rings. The molecule has 5 nitrogen and oxygen atoms in total. The second-order valence-electron chi connectivity index (χ2n) is 4.36. The quantitative estimate of drug-likeness (QED) is 0.886. The summed E-state index contributed by atoms with van der Waals surface area (Å²) in [6.45, 7) is 5.37. The predicted octanol–water partition coefficient (Wildman–Crippen LogP) is 1.79. The van der Waals surface area contributed by atoms with Crippen LogP contribution in [-0.2, 0) is 13.1 Å². The molecule has 0 bridgehead atoms. The molecule has 0 amide bonds. The molecule has 2 rings (SSSR count). The van der Waals surface area contributed by atoms with E-state index in [4.69, 9.17) is 4.74 Å². The van der Waals surface area contributed by atoms with Crippen LogP contribution in [0.5, 0.6) is 5.75 Å². The molecule has 0 aromatic carbocycles. The molecule has 100 valence electrons. The zero-order chi connectivity index (χ0) is 13.7. The zero-order valence-electron chi connectivity index (χ0n) is 11.5. The maximum Gasteiger partial charge on any atom is 0.128 e. The van der Waals surface area contributed by atoms with Gasteiger partial charge in [-0.25, -0.2) is 0 Å². The Hall–Kier alpha value is -2.01. The Kier molecular flexibility index (Phi) is 4.41. The molecule has 0 unspecified atom stereocenters. The number of hydrogen-bond donors (Lipinski definition) is 1. The highest BCUT2D eigenvalue weighted by Gasteiger charge is 2.08. The molecular weight excluding hydrogens is 240 g/mol. The van der Waals surface area contributed by atoms with Gasteiger partial charge in [0, 0.05) is 36.6 Å². The lowest BCUT2D eigenvalue weighted by Crippen LogP contribution is -2.16. The van der Waals surface area contributed by atoms with Crippen molar-refractivity contribution in [3.05, 3.63) is 47.0 Å². The topological polar surface area (TPSA) is 59.9 Å². The van der Waals surface area contributed by atoms with Crippen LogP contribution in [0.25, 0.3) is 0 Å². The van der Waals surface area contributed by atoms with Gasteiger partial charge in [0.05, 0.1) is 18.5 Å². The van der Waals surface area contributed by atoms with Crippen LogP contribution in [-0.4, -0.2) is 22.3 Å². The summed E-state index contributed by atoms with van der Waals surface area (Å²) in [4.78, 5) is 4.44. The highest BCUT2D eigenvalue weighted by Crippen LogP contribution is 2.23. The van der Waals surface area contributed by atoms with E-state index in [1.165, 1.54) is 0 Å². The Morgan fingerprint density at radius 3 is 2.79 bits per heavy atom. The average Bonchev–Trinajstić information content (AvgIpc) is 2.43. The van der Waals surface area contributed by atoms with E-state index in [9.17, 15) is 0 Å². The van der Waals surface area contributed by atoms with Crippen LogP contribution in [0, 0.1) is 13.8 Å². The van der Waals surface area contributed by atoms with Gasteiger partial charge in [-0.2, -0.15) is 10.2 Å². The molecule has 0 saturated heterocycles. The summed E-state index contributed by atoms with van der Waals surface area (Å²) >= 11 is 0. The lowest BCUT2D eigenvalue weighted by molar-refractivity contribution is 0.406. The molecule has 0 atom stereocenters. The Labute approximate surface area is 113 Å². The van der Waals surface area contributed by atoms with Crippen molar-refractivity contribution in [2.75, 3.05) is 7.11 Å². The molecule has 2 aromatic heterocycles. The smallest absolute Gasteiger partial charge is 0.128 e. The fourth-order valence-electron chi connectivity index (χ4n) is 1.99. The number of hydrogen-bond acceptors (Lipinski definition) is 5. The van der Waals surface area contributed by atoms with Crippen LogP contribution in [0.2, 0.25) is 0 Å². The first-order chi connectivity index (χ1) is 9.22. The molecule has 2 heterocycles. The summed E-state index contributed by atoms with van der Waals surface area (Å²) in [6, 6.07) is 3.82. The number of nitrogens with zero attached hydrogens (tertiary/aromatic N) is 3. The molecule has 0 aliphatic rings. The third kappa shape index (κ3) is 3.26. The molecule has 5 heteroatoms. The Morgan fingerprint density at radius 1 is 1.26 bits per heavy atom. The first-order valence-corrected chi connectivity index (χ1v) is 6.18. The van der Waals surface area contributed by atoms with Crippen LogP contribution in [0.4, 0.5) is 0 Å². The standard InChI is InChI=1S/C14H18N4O/c1-10-7-16-13(11(2)14(10)19-3)9-15-8-12-5-4-6-17-18-12/h4-7,15H,8-9H2,1-3H3. The summed E-state index contributed by atoms with van der Waals surface area (Å²) < 4.78 is 5.39. The fraction of sp³-hybridized carbons (Fsp3) is 0.357. The third-order valence-corrected chi connectivity index (χ3v) is 2.98. The van der Waals surface area contributed by atoms with Crippen molar-refractivity contribution in [1.29, 1.82) is 0 Å². The molecule has 0 saturated carbocycles. The lowest BCUT2D eigenvalue weighted by Gasteiger charge is -2.12. The van der Waals surface area contributed by atoms with Crippen molar-refractivity contribution >= 4 is 0 Å². The lowest BCUT2D eigenvalue weighted by atomic mass is 10.1. The number of methoxy groups -OCH3 is 1. The average molecular weight is 258 g/mol. The van der Waals surface area contributed by atoms with Gasteiger partial charge in [-0.05, 0) is 26.0 Å². The molecule has 0 aliphatic heterocycles. The summed E-state index contributed by atoms with van der Waals surface area (Å²) in [5, 5.41) is 11.2. The second-order valence-corrected chi connectivity index (χ2v) is 4.36. The van der Waals surface area contributed by atoms with E-state index in [-0.39, 0.29) is 0 Å². The van der Waals surface area contributed by atoms with Crippen molar-refractivity contribution in [2.24, 2.45) is 0 Å². The minimum absolute atomic E-state index is 0.672. The van der Waals surface area contributed by atoms with Crippen molar-refractivity contribution in [3.63, 3.8) is 0 Å². The monoisotopic (exact) mass is 258 g/mol. The van der Waals surface area contributed by atoms with E-state index in [1.807, 2.05) is 32.2 Å². The van der Waals surface area contributed by atoms with Gasteiger partial charge in [-0.1, -0.05) is 0 Å². The van der Waals surface area contributed by atoms with Gasteiger partial charge in [-0.3, -0.25) is 4.98 Å². The van der Waals surface area contributed by atoms with Crippen LogP contribution in [0.1, 0.15) is 22.5 Å². The first kappa shape index (κ1) is 13.4. The van der Waals surface area contributed by atoms with Gasteiger partial charge in [0.2, 0.25) is 0 Å². The summed E-state index contributed by atoms with van der Waals surface area (Å²) in [6.07, 6.45) is 3.51. The molecule has 0 spiro atoms. The van der Waals surface area contributed by atoms with E-state index in [0.717, 1.165) is 28.3 Å². The van der Waals surface area contributed by atoms with E-state index in [2.05, 4.69) is 20.5 Å². The van der Waals surface area contributed by atoms with E-state index in [1.54, 1.807) is 13.3 Å². The van der Waals surface area contributed by atoms with E-state index < -0.39 is 0 Å². The summed E-state index contributed by atoms with van der Waals surface area (Å²) in [5.74, 6) is 0.909. The molecule has 2 aromatic rings. The minimum atomic E-state index is 0.672. The number of rotatable bonds is 5. The van der Waals surface area contributed by atoms with E-state index in [0.29, 0.717) is 13.1 Å². The van der Waals surface area contributed by atoms with Crippen LogP contribution in [0.3, 0.4) is 0 Å². The normalized spacial score (nSPS) is 10.5. The minimum Gasteiger partial charge on any atom is -0.496 e. The molecular formula is C14H18N4O. The summed E-state index contributed by atoms with van der Waals surface area (Å²) in [5.41, 5.74) is 4.04. The van der Waals surface area contributed by atoms with E-state index >= 15 is 0 Å². The molecule has 1 N–H and O–H groups in total. The molecule has 19 heavy (non-hydrogen) atoms. The van der Waals surface area contributed by atoms with Gasteiger partial charge in [0.1, 0.15) is 5.75 Å². The largest absolute Gasteiger partial charge is 0.496 e. The number of ether oxygens (including phenoxy) is 1. The highest BCUT2D eigenvalue weighted by molar-refractivity contribution is 5.40. The van der Waals surface area contributed by atoms with Crippen molar-refractivity contribution in [3.8, 4) is 5.75 Å². The summed E-state index contributed by atoms with van der Waals surface area (Å²) in [7, 11) is 1.69. The second kappa shape index (κ2) is 6.24. The van der Waals surface area contributed by atoms with Gasteiger partial charge in [0.25, 0.3) is 0 Å². The predicted molar refractivity (Wildman–Crippen MR) is 72.8 cm³/mol. The van der Waals surface area contributed by atoms with Crippen LogP contribution >= 0.6 is 0 Å². The Morgan fingerprint density at radius 2 is 2.11 bits per heavy atom. The maximum atomic E-state index is 5.39. The van der Waals surface area contributed by atoms with Gasteiger partial charge in [0.15, 0.2) is 0 Å². The third-order valence-electron chi connectivity index (χ3n) is 2.98. The fourth-order valence-corrected chi connectivity index (χ4v) is 1.99. The van der Waals surface area contributed by atoms with Gasteiger partial charge >= 0.3 is 0 Å². The maximum absolute atomic E-state index is 5.39. The zero-order valence-corrected chi connectivity index (χ0v) is 11.5. The first-order valence-electron chi connectivity index (χ1n) is 6.18. The Bertz CT molecular complexity index is 543. The van der Waals surface area contributed by atoms with Gasteiger partial charge in [-0.15, -0.1) is 0 Å². The molecule has 0 aliphatic carbocycles.